The van der Waals surface area contributed by atoms with Crippen molar-refractivity contribution in [1.82, 2.24) is 0 Å². The molecule has 0 amide bonds. The third-order valence-electron chi connectivity index (χ3n) is 4.18. The zero-order valence-corrected chi connectivity index (χ0v) is 13.1. The number of anilines is 2. The fourth-order valence-electron chi connectivity index (χ4n) is 3.08. The number of hydrogen-bond acceptors (Lipinski definition) is 4. The molecule has 4 nitrogen and oxygen atoms in total. The number of nitrogens with two attached hydrogens (primary N) is 1. The monoisotopic (exact) mass is 296 g/mol. The Morgan fingerprint density at radius 1 is 1.25 bits per heavy atom. The van der Waals surface area contributed by atoms with Crippen LogP contribution in [0.25, 0.3) is 0 Å². The molecule has 2 N–H and O–H groups in total. The van der Waals surface area contributed by atoms with Crippen molar-refractivity contribution >= 4 is 21.2 Å². The molecule has 0 atom stereocenters. The summed E-state index contributed by atoms with van der Waals surface area (Å²) in [6.45, 7) is 0. The van der Waals surface area contributed by atoms with Crippen molar-refractivity contribution < 1.29 is 8.42 Å². The zero-order valence-electron chi connectivity index (χ0n) is 12.2. The van der Waals surface area contributed by atoms with Crippen LogP contribution in [-0.2, 0) is 9.84 Å². The van der Waals surface area contributed by atoms with E-state index < -0.39 is 9.84 Å². The molecule has 20 heavy (non-hydrogen) atoms. The van der Waals surface area contributed by atoms with Gasteiger partial charge in [0.15, 0.2) is 0 Å². The van der Waals surface area contributed by atoms with Gasteiger partial charge in [-0.3, -0.25) is 0 Å². The molecular formula is C15H24N2O2S. The predicted octanol–water partition coefficient (Wildman–Crippen LogP) is 2.31. The van der Waals surface area contributed by atoms with Gasteiger partial charge in [0.05, 0.1) is 5.75 Å². The SMILES string of the molecule is CN(c1cccc(N)c1)C1CCC(CS(C)(=O)=O)CC1. The second-order valence-electron chi connectivity index (χ2n) is 5.97. The van der Waals surface area contributed by atoms with Gasteiger partial charge in [-0.1, -0.05) is 6.07 Å². The topological polar surface area (TPSA) is 63.4 Å². The van der Waals surface area contributed by atoms with E-state index in [2.05, 4.69) is 18.0 Å². The standard InChI is InChI=1S/C15H24N2O2S/c1-17(15-5-3-4-13(16)10-15)14-8-6-12(7-9-14)11-20(2,18)19/h3-5,10,12,14H,6-9,11,16H2,1-2H3. The quantitative estimate of drug-likeness (QED) is 0.866. The molecule has 0 heterocycles. The first kappa shape index (κ1) is 15.2. The summed E-state index contributed by atoms with van der Waals surface area (Å²) in [6.07, 6.45) is 5.41. The maximum atomic E-state index is 11.3. The molecule has 1 aliphatic carbocycles. The molecule has 0 aromatic heterocycles. The number of hydrogen-bond donors (Lipinski definition) is 1. The molecule has 0 saturated heterocycles. The Kier molecular flexibility index (Phi) is 4.58. The van der Waals surface area contributed by atoms with Gasteiger partial charge in [-0.25, -0.2) is 8.42 Å². The minimum Gasteiger partial charge on any atom is -0.399 e. The lowest BCUT2D eigenvalue weighted by Crippen LogP contribution is -2.36. The van der Waals surface area contributed by atoms with Crippen LogP contribution in [0.4, 0.5) is 11.4 Å². The fraction of sp³-hybridized carbons (Fsp3) is 0.600. The maximum Gasteiger partial charge on any atom is 0.147 e. The molecule has 1 aliphatic rings. The van der Waals surface area contributed by atoms with E-state index in [9.17, 15) is 8.42 Å². The van der Waals surface area contributed by atoms with E-state index in [1.54, 1.807) is 0 Å². The average molecular weight is 296 g/mol. The molecule has 0 spiro atoms. The van der Waals surface area contributed by atoms with Crippen LogP contribution in [0.2, 0.25) is 0 Å². The van der Waals surface area contributed by atoms with E-state index in [4.69, 9.17) is 5.73 Å². The highest BCUT2D eigenvalue weighted by Gasteiger charge is 2.26. The van der Waals surface area contributed by atoms with E-state index in [1.807, 2.05) is 18.2 Å². The Balaban J connectivity index is 1.93. The van der Waals surface area contributed by atoms with E-state index in [-0.39, 0.29) is 0 Å². The van der Waals surface area contributed by atoms with Gasteiger partial charge in [0.2, 0.25) is 0 Å². The Morgan fingerprint density at radius 3 is 2.45 bits per heavy atom. The van der Waals surface area contributed by atoms with Crippen molar-refractivity contribution in [3.8, 4) is 0 Å². The summed E-state index contributed by atoms with van der Waals surface area (Å²) in [4.78, 5) is 2.27. The minimum atomic E-state index is -2.85. The van der Waals surface area contributed by atoms with Crippen molar-refractivity contribution in [3.63, 3.8) is 0 Å². The molecule has 0 unspecified atom stereocenters. The molecule has 1 saturated carbocycles. The number of sulfone groups is 1. The second kappa shape index (κ2) is 6.04. The van der Waals surface area contributed by atoms with Gasteiger partial charge >= 0.3 is 0 Å². The number of benzene rings is 1. The zero-order chi connectivity index (χ0) is 14.8. The lowest BCUT2D eigenvalue weighted by Gasteiger charge is -2.36. The number of nitrogens with zero attached hydrogens (tertiary/aromatic N) is 1. The van der Waals surface area contributed by atoms with Crippen molar-refractivity contribution in [2.24, 2.45) is 5.92 Å². The van der Waals surface area contributed by atoms with Gasteiger partial charge in [0.1, 0.15) is 9.84 Å². The Labute approximate surface area is 121 Å². The van der Waals surface area contributed by atoms with Crippen LogP contribution in [0, 0.1) is 5.92 Å². The largest absolute Gasteiger partial charge is 0.399 e. The van der Waals surface area contributed by atoms with Gasteiger partial charge in [-0.15, -0.1) is 0 Å². The van der Waals surface area contributed by atoms with Gasteiger partial charge in [0.25, 0.3) is 0 Å². The summed E-state index contributed by atoms with van der Waals surface area (Å²) in [5, 5.41) is 0. The summed E-state index contributed by atoms with van der Waals surface area (Å²) in [7, 11) is -0.756. The van der Waals surface area contributed by atoms with Crippen molar-refractivity contribution in [1.29, 1.82) is 0 Å². The first-order valence-electron chi connectivity index (χ1n) is 7.11. The van der Waals surface area contributed by atoms with Crippen LogP contribution in [0.3, 0.4) is 0 Å². The van der Waals surface area contributed by atoms with E-state index in [0.29, 0.717) is 17.7 Å². The molecule has 1 aromatic rings. The van der Waals surface area contributed by atoms with Gasteiger partial charge in [-0.2, -0.15) is 0 Å². The highest BCUT2D eigenvalue weighted by atomic mass is 32.2. The normalized spacial score (nSPS) is 23.5. The van der Waals surface area contributed by atoms with Crippen LogP contribution in [0.5, 0.6) is 0 Å². The van der Waals surface area contributed by atoms with E-state index in [1.165, 1.54) is 6.26 Å². The molecule has 5 heteroatoms. The molecular weight excluding hydrogens is 272 g/mol. The average Bonchev–Trinajstić information content (AvgIpc) is 2.37. The minimum absolute atomic E-state index is 0.329. The first-order chi connectivity index (χ1) is 9.35. The highest BCUT2D eigenvalue weighted by Crippen LogP contribution is 2.30. The van der Waals surface area contributed by atoms with Crippen LogP contribution in [0.1, 0.15) is 25.7 Å². The molecule has 112 valence electrons. The van der Waals surface area contributed by atoms with Crippen molar-refractivity contribution in [2.45, 2.75) is 31.7 Å². The first-order valence-corrected chi connectivity index (χ1v) is 9.17. The summed E-state index contributed by atoms with van der Waals surface area (Å²) in [5.41, 5.74) is 7.74. The van der Waals surface area contributed by atoms with Crippen LogP contribution < -0.4 is 10.6 Å². The summed E-state index contributed by atoms with van der Waals surface area (Å²) in [6, 6.07) is 8.39. The smallest absolute Gasteiger partial charge is 0.147 e. The molecule has 1 aromatic carbocycles. The summed E-state index contributed by atoms with van der Waals surface area (Å²) in [5.74, 6) is 0.664. The van der Waals surface area contributed by atoms with Crippen LogP contribution >= 0.6 is 0 Å². The van der Waals surface area contributed by atoms with Gasteiger partial charge in [0, 0.05) is 30.7 Å². The lowest BCUT2D eigenvalue weighted by molar-refractivity contribution is 0.341. The third kappa shape index (κ3) is 4.13. The van der Waals surface area contributed by atoms with Gasteiger partial charge in [-0.05, 0) is 49.8 Å². The summed E-state index contributed by atoms with van der Waals surface area (Å²) >= 11 is 0. The predicted molar refractivity (Wildman–Crippen MR) is 84.7 cm³/mol. The molecule has 0 radical (unpaired) electrons. The van der Waals surface area contributed by atoms with E-state index in [0.717, 1.165) is 37.1 Å². The van der Waals surface area contributed by atoms with Crippen LogP contribution in [0.15, 0.2) is 24.3 Å². The number of nitrogen functional groups attached to an aromatic ring is 1. The third-order valence-corrected chi connectivity index (χ3v) is 5.26. The van der Waals surface area contributed by atoms with Crippen molar-refractivity contribution in [3.05, 3.63) is 24.3 Å². The Hall–Kier alpha value is -1.23. The van der Waals surface area contributed by atoms with Crippen LogP contribution in [-0.4, -0.2) is 33.5 Å². The van der Waals surface area contributed by atoms with E-state index >= 15 is 0 Å². The molecule has 2 rings (SSSR count). The van der Waals surface area contributed by atoms with Gasteiger partial charge < -0.3 is 10.6 Å². The molecule has 1 fully saturated rings. The van der Waals surface area contributed by atoms with Crippen molar-refractivity contribution in [2.75, 3.05) is 29.7 Å². The number of rotatable bonds is 4. The molecule has 0 aliphatic heterocycles. The highest BCUT2D eigenvalue weighted by molar-refractivity contribution is 7.90. The lowest BCUT2D eigenvalue weighted by atomic mass is 9.86. The molecule has 0 bridgehead atoms. The Bertz CT molecular complexity index is 549. The maximum absolute atomic E-state index is 11.3. The summed E-state index contributed by atoms with van der Waals surface area (Å²) < 4.78 is 22.7. The second-order valence-corrected chi connectivity index (χ2v) is 8.16. The Morgan fingerprint density at radius 2 is 1.90 bits per heavy atom. The fourth-order valence-corrected chi connectivity index (χ4v) is 4.27.